The van der Waals surface area contributed by atoms with Crippen molar-refractivity contribution in [2.24, 2.45) is 0 Å². The van der Waals surface area contributed by atoms with E-state index in [0.29, 0.717) is 34.6 Å². The summed E-state index contributed by atoms with van der Waals surface area (Å²) in [5.41, 5.74) is 3.82. The third-order valence-electron chi connectivity index (χ3n) is 7.97. The van der Waals surface area contributed by atoms with Crippen LogP contribution in [0.15, 0.2) is 16.9 Å². The first-order valence-electron chi connectivity index (χ1n) is 11.6. The van der Waals surface area contributed by atoms with Crippen molar-refractivity contribution in [3.05, 3.63) is 61.7 Å². The fourth-order valence-electron chi connectivity index (χ4n) is 6.05. The predicted molar refractivity (Wildman–Crippen MR) is 124 cm³/mol. The van der Waals surface area contributed by atoms with Gasteiger partial charge in [-0.1, -0.05) is 6.92 Å². The van der Waals surface area contributed by atoms with Crippen molar-refractivity contribution in [1.82, 2.24) is 14.5 Å². The molecule has 1 N–H and O–H groups in total. The number of rotatable bonds is 2. The zero-order valence-electron chi connectivity index (χ0n) is 19.7. The third-order valence-corrected chi connectivity index (χ3v) is 7.97. The van der Waals surface area contributed by atoms with Crippen LogP contribution < -0.4 is 5.56 Å². The van der Waals surface area contributed by atoms with E-state index in [0.717, 1.165) is 34.9 Å². The van der Waals surface area contributed by atoms with Crippen molar-refractivity contribution in [3.8, 4) is 11.4 Å². The van der Waals surface area contributed by atoms with Gasteiger partial charge >= 0.3 is 5.97 Å². The largest absolute Gasteiger partial charge is 0.458 e. The van der Waals surface area contributed by atoms with Crippen molar-refractivity contribution < 1.29 is 19.0 Å². The number of aryl methyl sites for hydroxylation is 1. The smallest absolute Gasteiger partial charge is 0.343 e. The molecule has 34 heavy (non-hydrogen) atoms. The summed E-state index contributed by atoms with van der Waals surface area (Å²) in [5, 5.41) is 12.1. The molecule has 0 fully saturated rings. The maximum atomic E-state index is 14.8. The van der Waals surface area contributed by atoms with E-state index >= 15 is 0 Å². The van der Waals surface area contributed by atoms with Gasteiger partial charge in [0.1, 0.15) is 12.4 Å². The highest BCUT2D eigenvalue weighted by atomic mass is 19.1. The van der Waals surface area contributed by atoms with Crippen LogP contribution in [0, 0.1) is 12.7 Å². The molecule has 1 aliphatic carbocycles. The maximum absolute atomic E-state index is 14.8. The van der Waals surface area contributed by atoms with Gasteiger partial charge < -0.3 is 19.3 Å². The number of nitrogens with zero attached hydrogens (tertiary/aromatic N) is 3. The Labute approximate surface area is 195 Å². The molecule has 7 nitrogen and oxygen atoms in total. The van der Waals surface area contributed by atoms with E-state index in [4.69, 9.17) is 9.72 Å². The van der Waals surface area contributed by atoms with E-state index in [1.807, 2.05) is 21.0 Å². The third kappa shape index (κ3) is 2.55. The van der Waals surface area contributed by atoms with Gasteiger partial charge in [0.15, 0.2) is 5.60 Å². The number of aromatic nitrogens is 2. The van der Waals surface area contributed by atoms with E-state index in [-0.39, 0.29) is 36.0 Å². The van der Waals surface area contributed by atoms with E-state index in [9.17, 15) is 19.1 Å². The molecule has 0 radical (unpaired) electrons. The van der Waals surface area contributed by atoms with Crippen LogP contribution in [0.5, 0.6) is 0 Å². The van der Waals surface area contributed by atoms with E-state index < -0.39 is 11.6 Å². The fraction of sp³-hybridized carbons (Fsp3) is 0.423. The average molecular weight is 464 g/mol. The molecular formula is C26H26FN3O4. The number of carbonyl (C=O) groups excluding carboxylic acids is 1. The number of ether oxygens (including phenoxy) is 1. The number of cyclic esters (lactones) is 1. The first-order valence-corrected chi connectivity index (χ1v) is 11.6. The molecule has 0 bridgehead atoms. The van der Waals surface area contributed by atoms with E-state index in [2.05, 4.69) is 4.90 Å². The lowest BCUT2D eigenvalue weighted by Crippen LogP contribution is -2.44. The van der Waals surface area contributed by atoms with Gasteiger partial charge in [-0.25, -0.2) is 14.2 Å². The number of fused-ring (bicyclic) bond motifs is 5. The van der Waals surface area contributed by atoms with Gasteiger partial charge in [-0.3, -0.25) is 4.79 Å². The van der Waals surface area contributed by atoms with Gasteiger partial charge in [0.05, 0.1) is 29.0 Å². The zero-order chi connectivity index (χ0) is 24.1. The Hall–Kier alpha value is -3.10. The number of carbonyl (C=O) groups is 1. The highest BCUT2D eigenvalue weighted by Crippen LogP contribution is 2.46. The summed E-state index contributed by atoms with van der Waals surface area (Å²) in [4.78, 5) is 33.0. The highest BCUT2D eigenvalue weighted by molar-refractivity contribution is 5.93. The Morgan fingerprint density at radius 1 is 1.26 bits per heavy atom. The molecular weight excluding hydrogens is 437 g/mol. The van der Waals surface area contributed by atoms with E-state index in [1.54, 1.807) is 17.6 Å². The van der Waals surface area contributed by atoms with Gasteiger partial charge in [-0.05, 0) is 63.0 Å². The fourth-order valence-corrected chi connectivity index (χ4v) is 6.05. The van der Waals surface area contributed by atoms with Crippen molar-refractivity contribution in [3.63, 3.8) is 0 Å². The normalized spacial score (nSPS) is 22.6. The highest BCUT2D eigenvalue weighted by Gasteiger charge is 2.46. The average Bonchev–Trinajstić information content (AvgIpc) is 3.18. The molecule has 2 aromatic heterocycles. The first-order chi connectivity index (χ1) is 16.2. The second-order valence-corrected chi connectivity index (χ2v) is 9.83. The Bertz CT molecular complexity index is 1490. The number of hydrogen-bond acceptors (Lipinski definition) is 6. The summed E-state index contributed by atoms with van der Waals surface area (Å²) in [6.45, 7) is 3.67. The van der Waals surface area contributed by atoms with Gasteiger partial charge in [0.2, 0.25) is 0 Å². The maximum Gasteiger partial charge on any atom is 0.343 e. The van der Waals surface area contributed by atoms with Gasteiger partial charge in [-0.15, -0.1) is 0 Å². The topological polar surface area (TPSA) is 84.7 Å². The summed E-state index contributed by atoms with van der Waals surface area (Å²) < 4.78 is 21.7. The standard InChI is InChI=1S/C26H26FN3O4/c1-5-26(33)16-8-20-23-14(10-30(20)24(31)15(16)11-34-25(26)32)22-19(29(3)4)7-6-13-12(2)17(27)9-18(28-23)21(13)22/h8-9,19,33H,5-7,10-11H2,1-4H3. The van der Waals surface area contributed by atoms with Crippen LogP contribution in [0.2, 0.25) is 0 Å². The van der Waals surface area contributed by atoms with Crippen LogP contribution >= 0.6 is 0 Å². The Kier molecular flexibility index (Phi) is 4.39. The van der Waals surface area contributed by atoms with Gasteiger partial charge in [0.25, 0.3) is 5.56 Å². The number of benzene rings is 1. The van der Waals surface area contributed by atoms with Crippen LogP contribution in [0.1, 0.15) is 59.2 Å². The second-order valence-electron chi connectivity index (χ2n) is 9.83. The molecule has 6 rings (SSSR count). The number of esters is 1. The molecule has 4 heterocycles. The minimum Gasteiger partial charge on any atom is -0.458 e. The molecule has 2 atom stereocenters. The zero-order valence-corrected chi connectivity index (χ0v) is 19.7. The van der Waals surface area contributed by atoms with E-state index in [1.165, 1.54) is 6.07 Å². The Morgan fingerprint density at radius 2 is 2.03 bits per heavy atom. The Balaban J connectivity index is 1.70. The number of hydrogen-bond donors (Lipinski definition) is 1. The lowest BCUT2D eigenvalue weighted by atomic mass is 9.81. The number of halogens is 1. The van der Waals surface area contributed by atoms with Crippen LogP contribution in [-0.4, -0.2) is 39.6 Å². The molecule has 3 aromatic rings. The quantitative estimate of drug-likeness (QED) is 0.460. The van der Waals surface area contributed by atoms with Gasteiger partial charge in [-0.2, -0.15) is 0 Å². The van der Waals surface area contributed by atoms with Crippen LogP contribution in [0.3, 0.4) is 0 Å². The number of aliphatic hydroxyl groups is 1. The molecule has 3 aliphatic rings. The van der Waals surface area contributed by atoms with Crippen molar-refractivity contribution in [1.29, 1.82) is 0 Å². The molecule has 0 spiro atoms. The minimum atomic E-state index is -1.88. The summed E-state index contributed by atoms with van der Waals surface area (Å²) >= 11 is 0. The minimum absolute atomic E-state index is 0.0849. The van der Waals surface area contributed by atoms with Crippen molar-refractivity contribution >= 4 is 16.9 Å². The number of pyridine rings is 2. The van der Waals surface area contributed by atoms with Crippen molar-refractivity contribution in [2.75, 3.05) is 14.1 Å². The molecule has 2 unspecified atom stereocenters. The molecule has 2 aliphatic heterocycles. The van der Waals surface area contributed by atoms with Crippen LogP contribution in [-0.2, 0) is 34.7 Å². The molecule has 0 amide bonds. The predicted octanol–water partition coefficient (Wildman–Crippen LogP) is 3.08. The Morgan fingerprint density at radius 3 is 2.74 bits per heavy atom. The molecule has 0 saturated carbocycles. The molecule has 176 valence electrons. The van der Waals surface area contributed by atoms with Crippen LogP contribution in [0.4, 0.5) is 4.39 Å². The lowest BCUT2D eigenvalue weighted by Gasteiger charge is -2.33. The summed E-state index contributed by atoms with van der Waals surface area (Å²) in [6.07, 6.45) is 1.69. The second kappa shape index (κ2) is 6.96. The SMILES string of the molecule is CCC1(O)C(=O)OCc2c1cc1n(c2=O)Cc2c-1nc1cc(F)c(C)c3c1c2C(N(C)C)CC3. The molecule has 8 heteroatoms. The first kappa shape index (κ1) is 21.4. The summed E-state index contributed by atoms with van der Waals surface area (Å²) in [7, 11) is 4.06. The van der Waals surface area contributed by atoms with Gasteiger partial charge in [0, 0.05) is 28.6 Å². The monoisotopic (exact) mass is 463 g/mol. The molecule has 0 saturated heterocycles. The molecule has 1 aromatic carbocycles. The summed E-state index contributed by atoms with van der Waals surface area (Å²) in [5.74, 6) is -1.03. The lowest BCUT2D eigenvalue weighted by molar-refractivity contribution is -0.172. The van der Waals surface area contributed by atoms with Crippen LogP contribution in [0.25, 0.3) is 22.3 Å². The van der Waals surface area contributed by atoms with Crippen molar-refractivity contribution in [2.45, 2.75) is 57.9 Å². The summed E-state index contributed by atoms with van der Waals surface area (Å²) in [6, 6.07) is 3.29.